The molecule has 0 aromatic heterocycles. The van der Waals surface area contributed by atoms with Crippen molar-refractivity contribution < 1.29 is 4.79 Å². The molecule has 0 aliphatic carbocycles. The molecule has 5 nitrogen and oxygen atoms in total. The van der Waals surface area contributed by atoms with Gasteiger partial charge >= 0.3 is 0 Å². The van der Waals surface area contributed by atoms with Gasteiger partial charge in [-0.3, -0.25) is 10.2 Å². The number of hydrazine groups is 1. The third-order valence-corrected chi connectivity index (χ3v) is 4.92. The Bertz CT molecular complexity index is 541. The highest BCUT2D eigenvalue weighted by Gasteiger charge is 2.29. The quantitative estimate of drug-likeness (QED) is 0.676. The third kappa shape index (κ3) is 5.80. The fraction of sp³-hybridized carbons (Fsp3) is 0.650. The zero-order valence-corrected chi connectivity index (χ0v) is 16.3. The van der Waals surface area contributed by atoms with Crippen molar-refractivity contribution in [3.05, 3.63) is 35.4 Å². The summed E-state index contributed by atoms with van der Waals surface area (Å²) in [6.45, 7) is 7.19. The molecule has 1 aromatic rings. The van der Waals surface area contributed by atoms with E-state index in [1.165, 1.54) is 11.1 Å². The molecule has 1 saturated heterocycles. The molecule has 25 heavy (non-hydrogen) atoms. The van der Waals surface area contributed by atoms with E-state index in [0.29, 0.717) is 18.5 Å². The average Bonchev–Trinajstić information content (AvgIpc) is 3.03. The number of nitrogens with one attached hydrogen (secondary N) is 3. The molecular weight excluding hydrogens is 312 g/mol. The minimum absolute atomic E-state index is 0.0794. The number of likely N-dealkylation sites (N-methyl/N-ethyl adjacent to an activating group) is 1. The van der Waals surface area contributed by atoms with Crippen LogP contribution in [0.3, 0.4) is 0 Å². The van der Waals surface area contributed by atoms with Crippen molar-refractivity contribution in [3.8, 4) is 0 Å². The van der Waals surface area contributed by atoms with Crippen LogP contribution in [0.15, 0.2) is 24.3 Å². The SMILES string of the molecule is CCc1ccc(C(CNC(=O)C2CC(CC(C)C)NN2)N(C)C)cc1. The van der Waals surface area contributed by atoms with Crippen molar-refractivity contribution in [2.45, 2.75) is 58.2 Å². The fourth-order valence-electron chi connectivity index (χ4n) is 3.41. The molecule has 0 saturated carbocycles. The molecule has 3 N–H and O–H groups in total. The first-order valence-electron chi connectivity index (χ1n) is 9.44. The molecule has 0 bridgehead atoms. The molecule has 3 atom stereocenters. The summed E-state index contributed by atoms with van der Waals surface area (Å²) in [6.07, 6.45) is 2.98. The molecule has 1 amide bonds. The summed E-state index contributed by atoms with van der Waals surface area (Å²) in [4.78, 5) is 14.7. The molecule has 0 spiro atoms. The summed E-state index contributed by atoms with van der Waals surface area (Å²) < 4.78 is 0. The van der Waals surface area contributed by atoms with Gasteiger partial charge in [-0.25, -0.2) is 5.43 Å². The number of rotatable bonds is 8. The molecule has 1 aliphatic heterocycles. The number of hydrogen-bond acceptors (Lipinski definition) is 4. The molecule has 140 valence electrons. The van der Waals surface area contributed by atoms with Crippen LogP contribution in [-0.2, 0) is 11.2 Å². The number of hydrogen-bond donors (Lipinski definition) is 3. The summed E-state index contributed by atoms with van der Waals surface area (Å²) >= 11 is 0. The second-order valence-electron chi connectivity index (χ2n) is 7.72. The van der Waals surface area contributed by atoms with Crippen LogP contribution in [0.4, 0.5) is 0 Å². The number of benzene rings is 1. The van der Waals surface area contributed by atoms with Crippen LogP contribution in [-0.4, -0.2) is 43.5 Å². The highest BCUT2D eigenvalue weighted by atomic mass is 16.2. The maximum atomic E-state index is 12.5. The fourth-order valence-corrected chi connectivity index (χ4v) is 3.41. The molecule has 5 heteroatoms. The van der Waals surface area contributed by atoms with E-state index >= 15 is 0 Å². The molecule has 3 unspecified atom stereocenters. The predicted molar refractivity (Wildman–Crippen MR) is 103 cm³/mol. The molecule has 2 rings (SSSR count). The van der Waals surface area contributed by atoms with Gasteiger partial charge in [0.25, 0.3) is 0 Å². The number of aryl methyl sites for hydroxylation is 1. The van der Waals surface area contributed by atoms with Crippen molar-refractivity contribution >= 4 is 5.91 Å². The molecule has 1 fully saturated rings. The summed E-state index contributed by atoms with van der Waals surface area (Å²) in [5.41, 5.74) is 8.97. The number of carbonyl (C=O) groups is 1. The summed E-state index contributed by atoms with van der Waals surface area (Å²) in [6, 6.07) is 9.10. The summed E-state index contributed by atoms with van der Waals surface area (Å²) in [7, 11) is 4.11. The van der Waals surface area contributed by atoms with Crippen LogP contribution >= 0.6 is 0 Å². The normalized spacial score (nSPS) is 21.7. The van der Waals surface area contributed by atoms with E-state index in [9.17, 15) is 4.79 Å². The Balaban J connectivity index is 1.89. The van der Waals surface area contributed by atoms with E-state index in [4.69, 9.17) is 0 Å². The molecular formula is C20H34N4O. The Morgan fingerprint density at radius 3 is 2.48 bits per heavy atom. The standard InChI is InChI=1S/C20H34N4O/c1-6-15-7-9-16(10-8-15)19(24(4)5)13-21-20(25)18-12-17(22-23-18)11-14(2)3/h7-10,14,17-19,22-23H,6,11-13H2,1-5H3,(H,21,25). The van der Waals surface area contributed by atoms with Crippen molar-refractivity contribution in [2.24, 2.45) is 5.92 Å². The first-order chi connectivity index (χ1) is 11.9. The smallest absolute Gasteiger partial charge is 0.238 e. The topological polar surface area (TPSA) is 56.4 Å². The molecule has 1 aliphatic rings. The van der Waals surface area contributed by atoms with Gasteiger partial charge in [0.1, 0.15) is 6.04 Å². The van der Waals surface area contributed by atoms with Crippen LogP contribution in [0.1, 0.15) is 50.8 Å². The van der Waals surface area contributed by atoms with Crippen LogP contribution in [0.25, 0.3) is 0 Å². The van der Waals surface area contributed by atoms with Crippen molar-refractivity contribution in [3.63, 3.8) is 0 Å². The lowest BCUT2D eigenvalue weighted by Crippen LogP contribution is -2.45. The van der Waals surface area contributed by atoms with Gasteiger partial charge in [-0.15, -0.1) is 0 Å². The van der Waals surface area contributed by atoms with E-state index in [2.05, 4.69) is 80.2 Å². The summed E-state index contributed by atoms with van der Waals surface area (Å²) in [5.74, 6) is 0.709. The van der Waals surface area contributed by atoms with Crippen LogP contribution < -0.4 is 16.2 Å². The Labute approximate surface area is 152 Å². The lowest BCUT2D eigenvalue weighted by molar-refractivity contribution is -0.123. The number of amides is 1. The van der Waals surface area contributed by atoms with Crippen molar-refractivity contribution in [1.29, 1.82) is 0 Å². The third-order valence-electron chi connectivity index (χ3n) is 4.92. The largest absolute Gasteiger partial charge is 0.353 e. The first kappa shape index (κ1) is 19.9. The second-order valence-corrected chi connectivity index (χ2v) is 7.72. The second kappa shape index (κ2) is 9.32. The summed E-state index contributed by atoms with van der Waals surface area (Å²) in [5, 5.41) is 3.12. The van der Waals surface area contributed by atoms with Gasteiger partial charge in [0.15, 0.2) is 0 Å². The maximum Gasteiger partial charge on any atom is 0.238 e. The van der Waals surface area contributed by atoms with Gasteiger partial charge in [0, 0.05) is 12.6 Å². The Kier molecular flexibility index (Phi) is 7.41. The minimum atomic E-state index is -0.144. The Hall–Kier alpha value is -1.43. The number of carbonyl (C=O) groups excluding carboxylic acids is 1. The van der Waals surface area contributed by atoms with E-state index in [0.717, 1.165) is 19.3 Å². The predicted octanol–water partition coefficient (Wildman–Crippen LogP) is 2.25. The van der Waals surface area contributed by atoms with Crippen LogP contribution in [0, 0.1) is 5.92 Å². The van der Waals surface area contributed by atoms with E-state index in [-0.39, 0.29) is 18.0 Å². The van der Waals surface area contributed by atoms with Gasteiger partial charge in [-0.1, -0.05) is 45.0 Å². The maximum absolute atomic E-state index is 12.5. The molecule has 1 aromatic carbocycles. The first-order valence-corrected chi connectivity index (χ1v) is 9.44. The van der Waals surface area contributed by atoms with Gasteiger partial charge in [0.05, 0.1) is 6.04 Å². The average molecular weight is 347 g/mol. The minimum Gasteiger partial charge on any atom is -0.353 e. The highest BCUT2D eigenvalue weighted by Crippen LogP contribution is 2.19. The van der Waals surface area contributed by atoms with Crippen molar-refractivity contribution in [1.82, 2.24) is 21.1 Å². The monoisotopic (exact) mass is 346 g/mol. The van der Waals surface area contributed by atoms with Crippen LogP contribution in [0.2, 0.25) is 0 Å². The lowest BCUT2D eigenvalue weighted by Gasteiger charge is -2.26. The molecule has 0 radical (unpaired) electrons. The van der Waals surface area contributed by atoms with Gasteiger partial charge in [0.2, 0.25) is 5.91 Å². The van der Waals surface area contributed by atoms with Crippen LogP contribution in [0.5, 0.6) is 0 Å². The number of nitrogens with zero attached hydrogens (tertiary/aromatic N) is 1. The van der Waals surface area contributed by atoms with Crippen molar-refractivity contribution in [2.75, 3.05) is 20.6 Å². The van der Waals surface area contributed by atoms with E-state index in [1.54, 1.807) is 0 Å². The van der Waals surface area contributed by atoms with E-state index in [1.807, 2.05) is 0 Å². The zero-order valence-electron chi connectivity index (χ0n) is 16.3. The lowest BCUT2D eigenvalue weighted by atomic mass is 9.99. The van der Waals surface area contributed by atoms with Gasteiger partial charge in [-0.2, -0.15) is 0 Å². The highest BCUT2D eigenvalue weighted by molar-refractivity contribution is 5.82. The Morgan fingerprint density at radius 1 is 1.24 bits per heavy atom. The van der Waals surface area contributed by atoms with Gasteiger partial charge < -0.3 is 10.2 Å². The van der Waals surface area contributed by atoms with Gasteiger partial charge in [-0.05, 0) is 50.4 Å². The zero-order chi connectivity index (χ0) is 18.4. The molecule has 1 heterocycles. The Morgan fingerprint density at radius 2 is 1.92 bits per heavy atom. The van der Waals surface area contributed by atoms with E-state index < -0.39 is 0 Å².